The van der Waals surface area contributed by atoms with Crippen LogP contribution in [-0.4, -0.2) is 85.8 Å². The number of nitrogen functional groups attached to an aromatic ring is 2. The Morgan fingerprint density at radius 2 is 1.87 bits per heavy atom. The van der Waals surface area contributed by atoms with Gasteiger partial charge >= 0.3 is 0 Å². The van der Waals surface area contributed by atoms with Crippen molar-refractivity contribution in [3.63, 3.8) is 0 Å². The van der Waals surface area contributed by atoms with Gasteiger partial charge in [-0.1, -0.05) is 13.8 Å². The van der Waals surface area contributed by atoms with Crippen LogP contribution in [0, 0.1) is 6.92 Å². The summed E-state index contributed by atoms with van der Waals surface area (Å²) >= 11 is 0. The third kappa shape index (κ3) is 5.33. The number of nitrogens with two attached hydrogens (primary N) is 2. The average Bonchev–Trinajstić information content (AvgIpc) is 3.43. The van der Waals surface area contributed by atoms with Crippen LogP contribution in [-0.2, 0) is 6.42 Å². The molecule has 2 saturated heterocycles. The van der Waals surface area contributed by atoms with Gasteiger partial charge in [0.05, 0.1) is 11.3 Å². The number of phenolic OH excluding ortho intramolecular Hbond substituents is 1. The van der Waals surface area contributed by atoms with Gasteiger partial charge in [-0.15, -0.1) is 10.2 Å². The highest BCUT2D eigenvalue weighted by molar-refractivity contribution is 5.99. The molecule has 2 aliphatic heterocycles. The number of carbonyl (C=O) groups is 1. The smallest absolute Gasteiger partial charge is 0.270 e. The van der Waals surface area contributed by atoms with E-state index in [1.807, 2.05) is 18.7 Å². The minimum Gasteiger partial charge on any atom is -0.508 e. The molecule has 0 radical (unpaired) electrons. The van der Waals surface area contributed by atoms with E-state index >= 15 is 0 Å². The summed E-state index contributed by atoms with van der Waals surface area (Å²) in [7, 11) is 0. The Balaban J connectivity index is 1.23. The second-order valence-corrected chi connectivity index (χ2v) is 10.3. The Bertz CT molecular complexity index is 1340. The molecular formula is C27H37N9O3. The van der Waals surface area contributed by atoms with Gasteiger partial charge in [0.1, 0.15) is 5.75 Å². The fraction of sp³-hybridized carbons (Fsp3) is 0.519. The molecular weight excluding hydrogens is 498 g/mol. The fourth-order valence-corrected chi connectivity index (χ4v) is 5.69. The summed E-state index contributed by atoms with van der Waals surface area (Å²) in [4.78, 5) is 29.2. The van der Waals surface area contributed by atoms with Crippen molar-refractivity contribution in [2.75, 3.05) is 49.1 Å². The quantitative estimate of drug-likeness (QED) is 0.397. The zero-order chi connectivity index (χ0) is 27.7. The van der Waals surface area contributed by atoms with E-state index in [0.717, 1.165) is 50.4 Å². The Labute approximate surface area is 228 Å². The Hall–Kier alpha value is -3.93. The molecule has 2 aromatic heterocycles. The van der Waals surface area contributed by atoms with Crippen LogP contribution in [0.15, 0.2) is 22.6 Å². The predicted octanol–water partition coefficient (Wildman–Crippen LogP) is 2.47. The molecule has 5 rings (SSSR count). The molecule has 4 heterocycles. The molecule has 0 spiro atoms. The number of piperidine rings is 1. The number of anilines is 3. The molecule has 2 fully saturated rings. The lowest BCUT2D eigenvalue weighted by atomic mass is 9.97. The molecule has 5 N–H and O–H groups in total. The van der Waals surface area contributed by atoms with E-state index in [-0.39, 0.29) is 17.5 Å². The molecule has 0 bridgehead atoms. The summed E-state index contributed by atoms with van der Waals surface area (Å²) in [6.07, 6.45) is 3.46. The van der Waals surface area contributed by atoms with Gasteiger partial charge in [0.25, 0.3) is 11.8 Å². The van der Waals surface area contributed by atoms with E-state index in [2.05, 4.69) is 31.9 Å². The predicted molar refractivity (Wildman–Crippen MR) is 148 cm³/mol. The maximum atomic E-state index is 13.0. The minimum absolute atomic E-state index is 0.0599. The molecule has 0 aliphatic carbocycles. The van der Waals surface area contributed by atoms with Crippen molar-refractivity contribution >= 4 is 23.2 Å². The molecule has 1 amide bonds. The van der Waals surface area contributed by atoms with Crippen LogP contribution in [0.4, 0.5) is 17.3 Å². The zero-order valence-electron chi connectivity index (χ0n) is 22.8. The third-order valence-corrected chi connectivity index (χ3v) is 7.83. The lowest BCUT2D eigenvalue weighted by molar-refractivity contribution is 0.0491. The number of phenols is 1. The van der Waals surface area contributed by atoms with Gasteiger partial charge < -0.3 is 30.8 Å². The fourth-order valence-electron chi connectivity index (χ4n) is 5.69. The summed E-state index contributed by atoms with van der Waals surface area (Å²) in [6.45, 7) is 9.99. The Kier molecular flexibility index (Phi) is 7.56. The monoisotopic (exact) mass is 535 g/mol. The number of likely N-dealkylation sites (tertiary alicyclic amines) is 1. The number of carbonyl (C=O) groups excluding carboxylic acids is 1. The number of hydrogen-bond donors (Lipinski definition) is 3. The number of piperazine rings is 1. The molecule has 12 nitrogen and oxygen atoms in total. The lowest BCUT2D eigenvalue weighted by Gasteiger charge is -2.47. The van der Waals surface area contributed by atoms with E-state index in [0.29, 0.717) is 60.3 Å². The highest BCUT2D eigenvalue weighted by atomic mass is 16.4. The maximum Gasteiger partial charge on any atom is 0.270 e. The molecule has 1 aromatic carbocycles. The Morgan fingerprint density at radius 1 is 1.10 bits per heavy atom. The van der Waals surface area contributed by atoms with Crippen LogP contribution in [0.25, 0.3) is 11.6 Å². The molecule has 208 valence electrons. The highest BCUT2D eigenvalue weighted by Crippen LogP contribution is 2.30. The number of benzene rings is 1. The van der Waals surface area contributed by atoms with E-state index < -0.39 is 0 Å². The van der Waals surface area contributed by atoms with E-state index in [1.165, 1.54) is 12.1 Å². The first-order valence-corrected chi connectivity index (χ1v) is 13.6. The highest BCUT2D eigenvalue weighted by Gasteiger charge is 2.35. The number of nitrogens with zero attached hydrogens (tertiary/aromatic N) is 7. The van der Waals surface area contributed by atoms with Crippen molar-refractivity contribution in [3.05, 3.63) is 35.3 Å². The molecule has 1 unspecified atom stereocenters. The maximum absolute atomic E-state index is 13.0. The third-order valence-electron chi connectivity index (χ3n) is 7.83. The second-order valence-electron chi connectivity index (χ2n) is 10.3. The average molecular weight is 536 g/mol. The van der Waals surface area contributed by atoms with Crippen LogP contribution in [0.2, 0.25) is 0 Å². The molecule has 1 atom stereocenters. The zero-order valence-corrected chi connectivity index (χ0v) is 22.8. The molecule has 3 aromatic rings. The summed E-state index contributed by atoms with van der Waals surface area (Å²) in [5.41, 5.74) is 14.2. The van der Waals surface area contributed by atoms with E-state index in [1.54, 1.807) is 6.07 Å². The number of aromatic hydroxyl groups is 1. The SMILES string of the molecule is CCc1nnc(-c2nc(C)c(N3CCN(C4CCN(C(=O)c5ccc(O)cc5N)CC4)C(CC)C3)nc2N)o1. The number of aryl methyl sites for hydroxylation is 2. The lowest BCUT2D eigenvalue weighted by Crippen LogP contribution is -2.59. The molecule has 39 heavy (non-hydrogen) atoms. The van der Waals surface area contributed by atoms with Crippen LogP contribution < -0.4 is 16.4 Å². The molecule has 0 saturated carbocycles. The normalized spacial score (nSPS) is 19.0. The van der Waals surface area contributed by atoms with Crippen molar-refractivity contribution in [2.45, 2.75) is 58.5 Å². The van der Waals surface area contributed by atoms with Crippen LogP contribution in [0.1, 0.15) is 55.1 Å². The van der Waals surface area contributed by atoms with Crippen molar-refractivity contribution in [1.29, 1.82) is 0 Å². The summed E-state index contributed by atoms with van der Waals surface area (Å²) in [5, 5.41) is 17.7. The minimum atomic E-state index is -0.0793. The first kappa shape index (κ1) is 26.7. The van der Waals surface area contributed by atoms with Gasteiger partial charge in [0.15, 0.2) is 17.3 Å². The number of amides is 1. The summed E-state index contributed by atoms with van der Waals surface area (Å²) in [6, 6.07) is 5.28. The first-order valence-electron chi connectivity index (χ1n) is 13.6. The van der Waals surface area contributed by atoms with Crippen LogP contribution in [0.5, 0.6) is 5.75 Å². The molecule has 12 heteroatoms. The van der Waals surface area contributed by atoms with Gasteiger partial charge in [-0.2, -0.15) is 0 Å². The van der Waals surface area contributed by atoms with E-state index in [9.17, 15) is 9.90 Å². The van der Waals surface area contributed by atoms with Gasteiger partial charge in [0, 0.05) is 63.0 Å². The Morgan fingerprint density at radius 3 is 2.54 bits per heavy atom. The van der Waals surface area contributed by atoms with Gasteiger partial charge in [-0.3, -0.25) is 9.69 Å². The van der Waals surface area contributed by atoms with Crippen molar-refractivity contribution in [3.8, 4) is 17.3 Å². The summed E-state index contributed by atoms with van der Waals surface area (Å²) < 4.78 is 5.65. The standard InChI is InChI=1S/C27H37N9O3/c1-4-17-15-35(25-16(3)30-23(24(29)31-25)26-33-32-22(5-2)39-26)12-13-36(17)18-8-10-34(11-9-18)27(38)20-7-6-19(37)14-21(20)28/h6-7,14,17-18,37H,4-5,8-13,15,28H2,1-3H3,(H2,29,31). The number of aromatic nitrogens is 4. The molecule has 2 aliphatic rings. The van der Waals surface area contributed by atoms with Crippen molar-refractivity contribution < 1.29 is 14.3 Å². The van der Waals surface area contributed by atoms with E-state index in [4.69, 9.17) is 20.9 Å². The van der Waals surface area contributed by atoms with Gasteiger partial charge in [-0.05, 0) is 38.3 Å². The van der Waals surface area contributed by atoms with Crippen molar-refractivity contribution in [2.24, 2.45) is 0 Å². The van der Waals surface area contributed by atoms with Crippen LogP contribution >= 0.6 is 0 Å². The second kappa shape index (κ2) is 11.0. The van der Waals surface area contributed by atoms with Crippen molar-refractivity contribution in [1.82, 2.24) is 30.0 Å². The number of rotatable bonds is 6. The van der Waals surface area contributed by atoms with Crippen LogP contribution in [0.3, 0.4) is 0 Å². The first-order chi connectivity index (χ1) is 18.8. The topological polar surface area (TPSA) is 164 Å². The largest absolute Gasteiger partial charge is 0.508 e. The summed E-state index contributed by atoms with van der Waals surface area (Å²) in [5.74, 6) is 1.88. The van der Waals surface area contributed by atoms with Gasteiger partial charge in [-0.25, -0.2) is 9.97 Å². The number of hydrogen-bond acceptors (Lipinski definition) is 11. The van der Waals surface area contributed by atoms with Gasteiger partial charge in [0.2, 0.25) is 5.89 Å².